The fourth-order valence-electron chi connectivity index (χ4n) is 6.19. The van der Waals surface area contributed by atoms with E-state index in [-0.39, 0.29) is 18.1 Å². The highest BCUT2D eigenvalue weighted by atomic mass is 16.5. The molecule has 0 aromatic rings. The lowest BCUT2D eigenvalue weighted by molar-refractivity contribution is -0.118. The minimum Gasteiger partial charge on any atom is -0.377 e. The molecule has 5 nitrogen and oxygen atoms in total. The molecule has 0 aromatic heterocycles. The summed E-state index contributed by atoms with van der Waals surface area (Å²) in [5.74, 6) is -0.245. The zero-order valence-corrected chi connectivity index (χ0v) is 32.8. The van der Waals surface area contributed by atoms with Gasteiger partial charge < -0.3 is 15.2 Å². The van der Waals surface area contributed by atoms with Crippen molar-refractivity contribution in [1.29, 1.82) is 0 Å². The van der Waals surface area contributed by atoms with Gasteiger partial charge in [0.15, 0.2) is 0 Å². The topological polar surface area (TPSA) is 64.8 Å². The molecular weight excluding hydrogens is 592 g/mol. The Morgan fingerprint density at radius 3 is 1.21 bits per heavy atom. The number of unbranched alkanes of at least 4 members (excludes halogenated alkanes) is 20. The number of carbonyl (C=O) groups excluding carboxylic acids is 1. The first kappa shape index (κ1) is 46.8. The van der Waals surface area contributed by atoms with Crippen LogP contribution in [0.4, 0.5) is 0 Å². The highest BCUT2D eigenvalue weighted by Gasteiger charge is 2.10. The molecule has 2 unspecified atom stereocenters. The van der Waals surface area contributed by atoms with Crippen molar-refractivity contribution >= 4 is 5.91 Å². The Morgan fingerprint density at radius 2 is 0.854 bits per heavy atom. The van der Waals surface area contributed by atoms with Gasteiger partial charge in [-0.25, -0.2) is 0 Å². The van der Waals surface area contributed by atoms with E-state index in [2.05, 4.69) is 56.9 Å². The van der Waals surface area contributed by atoms with Crippen LogP contribution in [0.25, 0.3) is 0 Å². The van der Waals surface area contributed by atoms with Gasteiger partial charge in [-0.1, -0.05) is 141 Å². The van der Waals surface area contributed by atoms with Gasteiger partial charge in [0.1, 0.15) is 0 Å². The van der Waals surface area contributed by atoms with E-state index in [1.807, 2.05) is 0 Å². The Morgan fingerprint density at radius 1 is 0.521 bits per heavy atom. The van der Waals surface area contributed by atoms with Crippen molar-refractivity contribution in [2.24, 2.45) is 5.73 Å². The molecule has 0 fully saturated rings. The molecule has 0 aliphatic carbocycles. The van der Waals surface area contributed by atoms with Crippen molar-refractivity contribution in [1.82, 2.24) is 4.90 Å². The van der Waals surface area contributed by atoms with Gasteiger partial charge in [0.2, 0.25) is 5.91 Å². The second-order valence-electron chi connectivity index (χ2n) is 14.5. The minimum absolute atomic E-state index is 0.245. The van der Waals surface area contributed by atoms with E-state index in [0.717, 1.165) is 25.9 Å². The van der Waals surface area contributed by atoms with Crippen LogP contribution in [0.3, 0.4) is 0 Å². The van der Waals surface area contributed by atoms with Crippen LogP contribution in [0.1, 0.15) is 201 Å². The number of carbonyl (C=O) groups is 1. The lowest BCUT2D eigenvalue weighted by Crippen LogP contribution is -2.35. The molecule has 0 saturated carbocycles. The summed E-state index contributed by atoms with van der Waals surface area (Å²) >= 11 is 0. The third kappa shape index (κ3) is 37.6. The van der Waals surface area contributed by atoms with Gasteiger partial charge in [-0.05, 0) is 78.1 Å². The van der Waals surface area contributed by atoms with Crippen molar-refractivity contribution in [3.8, 4) is 0 Å². The van der Waals surface area contributed by atoms with Crippen molar-refractivity contribution in [2.45, 2.75) is 213 Å². The summed E-state index contributed by atoms with van der Waals surface area (Å²) in [6, 6.07) is 0. The van der Waals surface area contributed by atoms with Crippen molar-refractivity contribution in [3.05, 3.63) is 24.3 Å². The van der Waals surface area contributed by atoms with Crippen LogP contribution in [0.2, 0.25) is 0 Å². The lowest BCUT2D eigenvalue weighted by Gasteiger charge is -2.24. The zero-order chi connectivity index (χ0) is 35.2. The normalized spacial score (nSPS) is 13.4. The van der Waals surface area contributed by atoms with Crippen LogP contribution in [0.5, 0.6) is 0 Å². The molecular formula is C43H84N2O3. The molecule has 0 aliphatic heterocycles. The number of nitrogens with zero attached hydrogens (tertiary/aromatic N) is 1. The van der Waals surface area contributed by atoms with Crippen LogP contribution >= 0.6 is 0 Å². The van der Waals surface area contributed by atoms with Gasteiger partial charge in [-0.3, -0.25) is 9.69 Å². The zero-order valence-electron chi connectivity index (χ0n) is 32.8. The van der Waals surface area contributed by atoms with Crippen LogP contribution in [-0.2, 0) is 14.3 Å². The lowest BCUT2D eigenvalue weighted by atomic mass is 10.1. The van der Waals surface area contributed by atoms with Crippen molar-refractivity contribution in [2.75, 3.05) is 32.8 Å². The average molecular weight is 677 g/mol. The molecule has 0 aliphatic rings. The van der Waals surface area contributed by atoms with Crippen molar-refractivity contribution in [3.63, 3.8) is 0 Å². The monoisotopic (exact) mass is 677 g/mol. The Hall–Kier alpha value is -1.17. The fraction of sp³-hybridized carbons (Fsp3) is 0.884. The van der Waals surface area contributed by atoms with E-state index >= 15 is 0 Å². The molecule has 284 valence electrons. The van der Waals surface area contributed by atoms with E-state index in [1.165, 1.54) is 154 Å². The fourth-order valence-corrected chi connectivity index (χ4v) is 6.19. The third-order valence-electron chi connectivity index (χ3n) is 9.54. The molecule has 0 saturated heterocycles. The highest BCUT2D eigenvalue weighted by molar-refractivity contribution is 5.73. The summed E-state index contributed by atoms with van der Waals surface area (Å²) in [4.78, 5) is 13.7. The summed E-state index contributed by atoms with van der Waals surface area (Å²) in [5.41, 5.74) is 5.45. The Balaban J connectivity index is 3.83. The van der Waals surface area contributed by atoms with Gasteiger partial charge in [0, 0.05) is 26.1 Å². The number of hydrogen-bond donors (Lipinski definition) is 1. The van der Waals surface area contributed by atoms with Crippen LogP contribution in [-0.4, -0.2) is 55.9 Å². The van der Waals surface area contributed by atoms with Gasteiger partial charge in [-0.15, -0.1) is 0 Å². The SMILES string of the molecule is CCCCCCCCC=CCCCCCCC(C)OCCN(CCOC(C)CCCCCCC=CCCCCCCCC)CCC(N)=O. The number of amides is 1. The van der Waals surface area contributed by atoms with Crippen LogP contribution in [0.15, 0.2) is 24.3 Å². The minimum atomic E-state index is -0.245. The maximum Gasteiger partial charge on any atom is 0.218 e. The predicted octanol–water partition coefficient (Wildman–Crippen LogP) is 12.3. The first-order valence-corrected chi connectivity index (χ1v) is 21.0. The summed E-state index contributed by atoms with van der Waals surface area (Å²) in [6.45, 7) is 12.6. The van der Waals surface area contributed by atoms with Gasteiger partial charge in [0.05, 0.1) is 25.4 Å². The molecule has 0 bridgehead atoms. The van der Waals surface area contributed by atoms with E-state index in [4.69, 9.17) is 15.2 Å². The Labute approximate surface area is 300 Å². The summed E-state index contributed by atoms with van der Waals surface area (Å²) < 4.78 is 12.3. The van der Waals surface area contributed by atoms with Gasteiger partial charge in [0.25, 0.3) is 0 Å². The van der Waals surface area contributed by atoms with E-state index in [0.29, 0.717) is 26.2 Å². The smallest absolute Gasteiger partial charge is 0.218 e. The number of primary amides is 1. The summed E-state index contributed by atoms with van der Waals surface area (Å²) in [5, 5.41) is 0. The Bertz CT molecular complexity index is 660. The maximum absolute atomic E-state index is 11.4. The van der Waals surface area contributed by atoms with Crippen LogP contribution < -0.4 is 5.73 Å². The first-order chi connectivity index (χ1) is 23.5. The molecule has 1 amide bonds. The van der Waals surface area contributed by atoms with Gasteiger partial charge >= 0.3 is 0 Å². The van der Waals surface area contributed by atoms with Crippen molar-refractivity contribution < 1.29 is 14.3 Å². The molecule has 5 heteroatoms. The number of allylic oxidation sites excluding steroid dienone is 4. The van der Waals surface area contributed by atoms with E-state index in [9.17, 15) is 4.79 Å². The number of rotatable bonds is 39. The quantitative estimate of drug-likeness (QED) is 0.0520. The molecule has 0 rings (SSSR count). The largest absolute Gasteiger partial charge is 0.377 e. The molecule has 0 radical (unpaired) electrons. The maximum atomic E-state index is 11.4. The number of ether oxygens (including phenoxy) is 2. The van der Waals surface area contributed by atoms with Gasteiger partial charge in [-0.2, -0.15) is 0 Å². The molecule has 0 heterocycles. The predicted molar refractivity (Wildman–Crippen MR) is 211 cm³/mol. The number of nitrogens with two attached hydrogens (primary N) is 1. The van der Waals surface area contributed by atoms with E-state index < -0.39 is 0 Å². The summed E-state index contributed by atoms with van der Waals surface area (Å²) in [6.07, 6.45) is 44.5. The van der Waals surface area contributed by atoms with E-state index in [1.54, 1.807) is 0 Å². The third-order valence-corrected chi connectivity index (χ3v) is 9.54. The molecule has 48 heavy (non-hydrogen) atoms. The molecule has 0 spiro atoms. The highest BCUT2D eigenvalue weighted by Crippen LogP contribution is 2.13. The average Bonchev–Trinajstić information content (AvgIpc) is 3.07. The standard InChI is InChI=1S/C43H84N2O3/c1-5-7-9-11-13-15-17-19-21-23-25-27-29-31-33-41(3)47-39-37-45(36-35-43(44)46)38-40-48-42(4)34-32-30-28-26-24-22-20-18-16-14-12-10-8-6-2/h19-22,41-42H,5-18,23-40H2,1-4H3,(H2,44,46). The first-order valence-electron chi connectivity index (χ1n) is 21.0. The van der Waals surface area contributed by atoms with Crippen LogP contribution in [0, 0.1) is 0 Å². The molecule has 2 atom stereocenters. The Kier molecular flexibility index (Phi) is 37.7. The summed E-state index contributed by atoms with van der Waals surface area (Å²) in [7, 11) is 0. The molecule has 0 aromatic carbocycles. The second kappa shape index (κ2) is 38.6. The number of hydrogen-bond acceptors (Lipinski definition) is 4. The second-order valence-corrected chi connectivity index (χ2v) is 14.5. The molecule has 2 N–H and O–H groups in total.